The van der Waals surface area contributed by atoms with Crippen molar-refractivity contribution < 1.29 is 4.79 Å². The van der Waals surface area contributed by atoms with Crippen molar-refractivity contribution in [2.24, 2.45) is 0 Å². The number of carbonyl (C=O) groups is 1. The molecule has 0 saturated heterocycles. The van der Waals surface area contributed by atoms with E-state index in [-0.39, 0.29) is 5.91 Å². The highest BCUT2D eigenvalue weighted by Crippen LogP contribution is 2.25. The average molecular weight is 438 g/mol. The van der Waals surface area contributed by atoms with Crippen LogP contribution >= 0.6 is 27.3 Å². The van der Waals surface area contributed by atoms with Crippen molar-refractivity contribution in [2.75, 3.05) is 0 Å². The fourth-order valence-corrected chi connectivity index (χ4v) is 3.89. The molecule has 0 fully saturated rings. The molecule has 0 aliphatic rings. The molecule has 4 aromatic rings. The summed E-state index contributed by atoms with van der Waals surface area (Å²) in [7, 11) is 0. The Hall–Kier alpha value is -2.70. The third-order valence-electron chi connectivity index (χ3n) is 4.08. The Bertz CT molecular complexity index is 1080. The van der Waals surface area contributed by atoms with E-state index in [1.807, 2.05) is 72.1 Å². The Balaban J connectivity index is 1.67. The van der Waals surface area contributed by atoms with Crippen LogP contribution in [0.4, 0.5) is 0 Å². The number of rotatable bonds is 5. The highest BCUT2D eigenvalue weighted by atomic mass is 79.9. The number of aromatic nitrogens is 2. The lowest BCUT2D eigenvalue weighted by Crippen LogP contribution is -2.24. The van der Waals surface area contributed by atoms with Gasteiger partial charge in [0, 0.05) is 6.54 Å². The molecule has 2 N–H and O–H groups in total. The molecule has 6 heteroatoms. The van der Waals surface area contributed by atoms with E-state index >= 15 is 0 Å². The van der Waals surface area contributed by atoms with Crippen molar-refractivity contribution in [3.05, 3.63) is 86.8 Å². The maximum Gasteiger partial charge on any atom is 0.255 e. The van der Waals surface area contributed by atoms with Crippen molar-refractivity contribution in [1.82, 2.24) is 15.3 Å². The minimum atomic E-state index is -0.166. The number of thiophene rings is 1. The van der Waals surface area contributed by atoms with Gasteiger partial charge in [0.15, 0.2) is 0 Å². The predicted molar refractivity (Wildman–Crippen MR) is 114 cm³/mol. The number of aromatic amines is 1. The number of halogens is 1. The van der Waals surface area contributed by atoms with Crippen molar-refractivity contribution >= 4 is 55.9 Å². The fraction of sp³-hybridized carbons (Fsp3) is 0.0476. The molecule has 0 unspecified atom stereocenters. The molecule has 4 nitrogen and oxygen atoms in total. The van der Waals surface area contributed by atoms with Crippen LogP contribution in [-0.2, 0) is 11.3 Å². The van der Waals surface area contributed by atoms with E-state index in [9.17, 15) is 4.79 Å². The van der Waals surface area contributed by atoms with Gasteiger partial charge in [0.2, 0.25) is 0 Å². The molecule has 0 bridgehead atoms. The van der Waals surface area contributed by atoms with Gasteiger partial charge in [-0.3, -0.25) is 4.79 Å². The average Bonchev–Trinajstić information content (AvgIpc) is 3.30. The molecule has 0 radical (unpaired) electrons. The molecule has 1 amide bonds. The number of hydrogen-bond acceptors (Lipinski definition) is 3. The van der Waals surface area contributed by atoms with Gasteiger partial charge in [-0.15, -0.1) is 11.3 Å². The SMILES string of the molecule is O=C(NCc1ccccc1)/C(=C/c1csc(Br)c1)c1nc2ccccc2[nH]1. The Morgan fingerprint density at radius 1 is 1.15 bits per heavy atom. The van der Waals surface area contributed by atoms with Crippen LogP contribution < -0.4 is 5.32 Å². The molecule has 0 atom stereocenters. The van der Waals surface area contributed by atoms with E-state index < -0.39 is 0 Å². The monoisotopic (exact) mass is 437 g/mol. The van der Waals surface area contributed by atoms with E-state index in [0.29, 0.717) is 17.9 Å². The summed E-state index contributed by atoms with van der Waals surface area (Å²) in [6.07, 6.45) is 1.86. The number of nitrogens with one attached hydrogen (secondary N) is 2. The van der Waals surface area contributed by atoms with Crippen LogP contribution in [0.5, 0.6) is 0 Å². The molecule has 0 spiro atoms. The molecule has 0 aliphatic carbocycles. The number of fused-ring (bicyclic) bond motifs is 1. The molecule has 2 aromatic carbocycles. The number of amides is 1. The highest BCUT2D eigenvalue weighted by molar-refractivity contribution is 9.11. The quantitative estimate of drug-likeness (QED) is 0.419. The minimum Gasteiger partial charge on any atom is -0.348 e. The maximum atomic E-state index is 13.0. The van der Waals surface area contributed by atoms with Gasteiger partial charge in [0.1, 0.15) is 5.82 Å². The zero-order chi connectivity index (χ0) is 18.6. The Morgan fingerprint density at radius 2 is 1.93 bits per heavy atom. The smallest absolute Gasteiger partial charge is 0.255 e. The summed E-state index contributed by atoms with van der Waals surface area (Å²) in [5.41, 5.74) is 4.25. The lowest BCUT2D eigenvalue weighted by atomic mass is 10.1. The molecular formula is C21H16BrN3OS. The molecule has 2 heterocycles. The van der Waals surface area contributed by atoms with Crippen LogP contribution in [0.15, 0.2) is 69.8 Å². The van der Waals surface area contributed by atoms with E-state index in [1.165, 1.54) is 0 Å². The molecule has 0 aliphatic heterocycles. The van der Waals surface area contributed by atoms with Crippen molar-refractivity contribution in [3.8, 4) is 0 Å². The van der Waals surface area contributed by atoms with Crippen molar-refractivity contribution in [2.45, 2.75) is 6.54 Å². The number of benzene rings is 2. The molecule has 27 heavy (non-hydrogen) atoms. The summed E-state index contributed by atoms with van der Waals surface area (Å²) in [5.74, 6) is 0.393. The summed E-state index contributed by atoms with van der Waals surface area (Å²) in [6, 6.07) is 19.6. The van der Waals surface area contributed by atoms with Crippen LogP contribution in [0.1, 0.15) is 17.0 Å². The lowest BCUT2D eigenvalue weighted by Gasteiger charge is -2.07. The van der Waals surface area contributed by atoms with Gasteiger partial charge >= 0.3 is 0 Å². The third-order valence-corrected chi connectivity index (χ3v) is 5.61. The molecule has 4 rings (SSSR count). The first-order chi connectivity index (χ1) is 13.2. The number of hydrogen-bond donors (Lipinski definition) is 2. The van der Waals surface area contributed by atoms with Crippen LogP contribution in [0.25, 0.3) is 22.7 Å². The van der Waals surface area contributed by atoms with Gasteiger partial charge in [-0.25, -0.2) is 4.98 Å². The first kappa shape index (κ1) is 17.7. The van der Waals surface area contributed by atoms with E-state index in [0.717, 1.165) is 25.9 Å². The topological polar surface area (TPSA) is 57.8 Å². The summed E-state index contributed by atoms with van der Waals surface area (Å²) in [5, 5.41) is 4.99. The van der Waals surface area contributed by atoms with Gasteiger partial charge in [-0.2, -0.15) is 0 Å². The highest BCUT2D eigenvalue weighted by Gasteiger charge is 2.16. The standard InChI is InChI=1S/C21H16BrN3OS/c22-19-11-15(13-27-19)10-16(20-24-17-8-4-5-9-18(17)25-20)21(26)23-12-14-6-2-1-3-7-14/h1-11,13H,12H2,(H,23,26)(H,24,25)/b16-10+. The Kier molecular flexibility index (Phi) is 5.18. The third kappa shape index (κ3) is 4.18. The predicted octanol–water partition coefficient (Wildman–Crippen LogP) is 5.24. The van der Waals surface area contributed by atoms with E-state index in [2.05, 4.69) is 31.2 Å². The van der Waals surface area contributed by atoms with Gasteiger partial charge in [-0.05, 0) is 56.7 Å². The number of para-hydroxylation sites is 2. The molecule has 134 valence electrons. The lowest BCUT2D eigenvalue weighted by molar-refractivity contribution is -0.115. The van der Waals surface area contributed by atoms with E-state index in [4.69, 9.17) is 0 Å². The van der Waals surface area contributed by atoms with Crippen LogP contribution in [-0.4, -0.2) is 15.9 Å². The zero-order valence-corrected chi connectivity index (χ0v) is 16.7. The zero-order valence-electron chi connectivity index (χ0n) is 14.3. The first-order valence-corrected chi connectivity index (χ1v) is 10.1. The normalized spacial score (nSPS) is 11.7. The van der Waals surface area contributed by atoms with Gasteiger partial charge in [-0.1, -0.05) is 42.5 Å². The second-order valence-electron chi connectivity index (χ2n) is 6.01. The van der Waals surface area contributed by atoms with Gasteiger partial charge < -0.3 is 10.3 Å². The number of nitrogens with zero attached hydrogens (tertiary/aromatic N) is 1. The number of imidazole rings is 1. The molecule has 0 saturated carbocycles. The van der Waals surface area contributed by atoms with Crippen LogP contribution in [0, 0.1) is 0 Å². The Labute approximate surface area is 169 Å². The van der Waals surface area contributed by atoms with Crippen LogP contribution in [0.3, 0.4) is 0 Å². The Morgan fingerprint density at radius 3 is 2.67 bits per heavy atom. The summed E-state index contributed by atoms with van der Waals surface area (Å²) >= 11 is 5.05. The fourth-order valence-electron chi connectivity index (χ4n) is 2.76. The molecule has 2 aromatic heterocycles. The molecular weight excluding hydrogens is 422 g/mol. The largest absolute Gasteiger partial charge is 0.348 e. The summed E-state index contributed by atoms with van der Waals surface area (Å²) in [4.78, 5) is 20.8. The first-order valence-electron chi connectivity index (χ1n) is 8.42. The van der Waals surface area contributed by atoms with Gasteiger partial charge in [0.25, 0.3) is 5.91 Å². The van der Waals surface area contributed by atoms with Crippen LogP contribution in [0.2, 0.25) is 0 Å². The second-order valence-corrected chi connectivity index (χ2v) is 8.30. The summed E-state index contributed by atoms with van der Waals surface area (Å²) < 4.78 is 1.02. The minimum absolute atomic E-state index is 0.166. The number of carbonyl (C=O) groups excluding carboxylic acids is 1. The van der Waals surface area contributed by atoms with Gasteiger partial charge in [0.05, 0.1) is 20.4 Å². The maximum absolute atomic E-state index is 13.0. The van der Waals surface area contributed by atoms with Crippen molar-refractivity contribution in [1.29, 1.82) is 0 Å². The van der Waals surface area contributed by atoms with E-state index in [1.54, 1.807) is 11.3 Å². The van der Waals surface area contributed by atoms with Crippen molar-refractivity contribution in [3.63, 3.8) is 0 Å². The summed E-state index contributed by atoms with van der Waals surface area (Å²) in [6.45, 7) is 0.463. The second kappa shape index (κ2) is 7.90. The number of H-pyrrole nitrogens is 1.